The summed E-state index contributed by atoms with van der Waals surface area (Å²) >= 11 is 0. The van der Waals surface area contributed by atoms with Crippen LogP contribution in [-0.4, -0.2) is 11.9 Å². The zero-order valence-corrected chi connectivity index (χ0v) is 14.4. The third kappa shape index (κ3) is 4.59. The highest BCUT2D eigenvalue weighted by Gasteiger charge is 2.28. The Morgan fingerprint density at radius 2 is 1.73 bits per heavy atom. The fourth-order valence-corrected chi connectivity index (χ4v) is 3.65. The fourth-order valence-electron chi connectivity index (χ4n) is 3.65. The summed E-state index contributed by atoms with van der Waals surface area (Å²) in [6, 6.07) is 8.87. The third-order valence-electron chi connectivity index (χ3n) is 4.70. The first kappa shape index (κ1) is 17.1. The molecule has 3 rings (SSSR count). The lowest BCUT2D eigenvalue weighted by molar-refractivity contribution is -0.127. The Morgan fingerprint density at radius 1 is 1.14 bits per heavy atom. The summed E-state index contributed by atoms with van der Waals surface area (Å²) < 4.78 is 0. The van der Waals surface area contributed by atoms with E-state index in [0.717, 1.165) is 25.7 Å². The van der Waals surface area contributed by atoms with Gasteiger partial charge in [0.1, 0.15) is 0 Å². The molecule has 2 unspecified atom stereocenters. The number of amides is 1. The van der Waals surface area contributed by atoms with E-state index in [2.05, 4.69) is 50.4 Å². The number of hydrogen-bond acceptors (Lipinski definition) is 1. The number of carbonyl (C=O) groups is 1. The van der Waals surface area contributed by atoms with Gasteiger partial charge < -0.3 is 5.32 Å². The molecule has 22 heavy (non-hydrogen) atoms. The first-order chi connectivity index (χ1) is 10.6. The lowest BCUT2D eigenvalue weighted by Crippen LogP contribution is -2.40. The van der Waals surface area contributed by atoms with Gasteiger partial charge in [0.25, 0.3) is 0 Å². The van der Waals surface area contributed by atoms with Crippen molar-refractivity contribution >= 4 is 5.91 Å². The van der Waals surface area contributed by atoms with E-state index in [0.29, 0.717) is 17.9 Å². The normalized spacial score (nSPS) is 24.1. The van der Waals surface area contributed by atoms with Crippen LogP contribution in [0.25, 0.3) is 0 Å². The molecule has 0 radical (unpaired) electrons. The highest BCUT2D eigenvalue weighted by Crippen LogP contribution is 2.29. The minimum Gasteiger partial charge on any atom is -0.352 e. The van der Waals surface area contributed by atoms with Crippen LogP contribution in [-0.2, 0) is 17.6 Å². The number of nitrogens with one attached hydrogen (secondary N) is 1. The van der Waals surface area contributed by atoms with E-state index in [1.54, 1.807) is 0 Å². The summed E-state index contributed by atoms with van der Waals surface area (Å²) in [6.45, 7) is 6.52. The van der Waals surface area contributed by atoms with Crippen LogP contribution in [0.1, 0.15) is 64.0 Å². The summed E-state index contributed by atoms with van der Waals surface area (Å²) in [5.41, 5.74) is 2.81. The van der Waals surface area contributed by atoms with Crippen LogP contribution in [0.4, 0.5) is 0 Å². The van der Waals surface area contributed by atoms with Crippen molar-refractivity contribution < 1.29 is 4.79 Å². The number of benzene rings is 1. The molecule has 1 fully saturated rings. The van der Waals surface area contributed by atoms with Crippen molar-refractivity contribution in [1.29, 1.82) is 0 Å². The van der Waals surface area contributed by atoms with E-state index in [4.69, 9.17) is 0 Å². The Morgan fingerprint density at radius 3 is 2.27 bits per heavy atom. The zero-order chi connectivity index (χ0) is 15.9. The highest BCUT2D eigenvalue weighted by atomic mass is 16.1. The molecule has 1 aromatic rings. The molecule has 0 bridgehead atoms. The maximum absolute atomic E-state index is 12.3. The van der Waals surface area contributed by atoms with Crippen LogP contribution in [0.3, 0.4) is 0 Å². The maximum atomic E-state index is 12.3. The topological polar surface area (TPSA) is 29.1 Å². The largest absolute Gasteiger partial charge is 0.352 e. The minimum atomic E-state index is 0.257. The van der Waals surface area contributed by atoms with Gasteiger partial charge in [-0.15, -0.1) is 0 Å². The molecule has 0 aromatic heterocycles. The number of hydrogen-bond donors (Lipinski definition) is 1. The number of rotatable bonds is 2. The van der Waals surface area contributed by atoms with Crippen LogP contribution >= 0.6 is 0 Å². The molecular formula is C20H31NO. The van der Waals surface area contributed by atoms with E-state index in [-0.39, 0.29) is 5.92 Å². The standard InChI is InChI=1S/C17H23NO.C3H8/c1-12-5-4-8-15(9-12)17(19)18-16-10-13-6-2-3-7-14(13)11-16;1-3-2/h2-3,6-7,12,15-16H,4-5,8-11H2,1H3,(H,18,19);3H2,1-2H3. The Bertz CT molecular complexity index is 457. The summed E-state index contributed by atoms with van der Waals surface area (Å²) in [5.74, 6) is 1.27. The summed E-state index contributed by atoms with van der Waals surface area (Å²) in [7, 11) is 0. The van der Waals surface area contributed by atoms with Crippen molar-refractivity contribution in [3.05, 3.63) is 35.4 Å². The van der Waals surface area contributed by atoms with Crippen LogP contribution in [0.15, 0.2) is 24.3 Å². The number of fused-ring (bicyclic) bond motifs is 1. The van der Waals surface area contributed by atoms with E-state index in [9.17, 15) is 4.79 Å². The van der Waals surface area contributed by atoms with Gasteiger partial charge in [-0.2, -0.15) is 0 Å². The second kappa shape index (κ2) is 8.36. The molecule has 2 aliphatic carbocycles. The van der Waals surface area contributed by atoms with Gasteiger partial charge in [0.05, 0.1) is 0 Å². The van der Waals surface area contributed by atoms with Crippen molar-refractivity contribution in [3.63, 3.8) is 0 Å². The van der Waals surface area contributed by atoms with Crippen LogP contribution in [0, 0.1) is 11.8 Å². The monoisotopic (exact) mass is 301 g/mol. The average molecular weight is 301 g/mol. The molecule has 0 saturated heterocycles. The smallest absolute Gasteiger partial charge is 0.223 e. The zero-order valence-electron chi connectivity index (χ0n) is 14.4. The van der Waals surface area contributed by atoms with E-state index < -0.39 is 0 Å². The average Bonchev–Trinajstić information content (AvgIpc) is 2.90. The Balaban J connectivity index is 0.000000545. The van der Waals surface area contributed by atoms with Gasteiger partial charge in [0.15, 0.2) is 0 Å². The molecular weight excluding hydrogens is 270 g/mol. The Hall–Kier alpha value is -1.31. The first-order valence-electron chi connectivity index (χ1n) is 9.01. The Labute approximate surface area is 135 Å². The quantitative estimate of drug-likeness (QED) is 0.855. The molecule has 2 nitrogen and oxygen atoms in total. The molecule has 122 valence electrons. The van der Waals surface area contributed by atoms with Crippen LogP contribution < -0.4 is 5.32 Å². The van der Waals surface area contributed by atoms with Gasteiger partial charge >= 0.3 is 0 Å². The summed E-state index contributed by atoms with van der Waals surface area (Å²) in [5, 5.41) is 3.28. The van der Waals surface area contributed by atoms with E-state index in [1.165, 1.54) is 30.4 Å². The minimum absolute atomic E-state index is 0.257. The van der Waals surface area contributed by atoms with Gasteiger partial charge in [0, 0.05) is 12.0 Å². The lowest BCUT2D eigenvalue weighted by Gasteiger charge is -2.27. The molecule has 0 spiro atoms. The summed E-state index contributed by atoms with van der Waals surface area (Å²) in [4.78, 5) is 12.3. The highest BCUT2D eigenvalue weighted by molar-refractivity contribution is 5.79. The SMILES string of the molecule is CC1CCCC(C(=O)NC2Cc3ccccc3C2)C1.CCC. The predicted octanol–water partition coefficient (Wildman–Crippen LogP) is 4.51. The second-order valence-electron chi connectivity index (χ2n) is 7.06. The fraction of sp³-hybridized carbons (Fsp3) is 0.650. The molecule has 2 heteroatoms. The molecule has 2 atom stereocenters. The number of carbonyl (C=O) groups excluding carboxylic acids is 1. The summed E-state index contributed by atoms with van der Waals surface area (Å²) in [6.07, 6.45) is 7.92. The van der Waals surface area contributed by atoms with Crippen LogP contribution in [0.5, 0.6) is 0 Å². The molecule has 1 aromatic carbocycles. The molecule has 1 saturated carbocycles. The van der Waals surface area contributed by atoms with Crippen LogP contribution in [0.2, 0.25) is 0 Å². The van der Waals surface area contributed by atoms with Gasteiger partial charge in [0.2, 0.25) is 5.91 Å². The maximum Gasteiger partial charge on any atom is 0.223 e. The molecule has 0 heterocycles. The molecule has 1 N–H and O–H groups in total. The molecule has 2 aliphatic rings. The Kier molecular flexibility index (Phi) is 6.48. The molecule has 1 amide bonds. The van der Waals surface area contributed by atoms with Crippen molar-refractivity contribution in [1.82, 2.24) is 5.32 Å². The van der Waals surface area contributed by atoms with Crippen molar-refractivity contribution in [2.24, 2.45) is 11.8 Å². The van der Waals surface area contributed by atoms with E-state index in [1.807, 2.05) is 0 Å². The first-order valence-corrected chi connectivity index (χ1v) is 9.01. The van der Waals surface area contributed by atoms with Gasteiger partial charge in [-0.3, -0.25) is 4.79 Å². The predicted molar refractivity (Wildman–Crippen MR) is 92.9 cm³/mol. The second-order valence-corrected chi connectivity index (χ2v) is 7.06. The van der Waals surface area contributed by atoms with Crippen molar-refractivity contribution in [2.45, 2.75) is 71.8 Å². The van der Waals surface area contributed by atoms with Gasteiger partial charge in [-0.25, -0.2) is 0 Å². The van der Waals surface area contributed by atoms with Gasteiger partial charge in [-0.1, -0.05) is 64.3 Å². The van der Waals surface area contributed by atoms with Crippen molar-refractivity contribution in [2.75, 3.05) is 0 Å². The van der Waals surface area contributed by atoms with Gasteiger partial charge in [-0.05, 0) is 42.7 Å². The van der Waals surface area contributed by atoms with E-state index >= 15 is 0 Å². The lowest BCUT2D eigenvalue weighted by atomic mass is 9.82. The van der Waals surface area contributed by atoms with Crippen molar-refractivity contribution in [3.8, 4) is 0 Å². The molecule has 0 aliphatic heterocycles. The third-order valence-corrected chi connectivity index (χ3v) is 4.70.